The fourth-order valence-electron chi connectivity index (χ4n) is 3.44. The first-order valence-corrected chi connectivity index (χ1v) is 11.6. The maximum atomic E-state index is 14.1. The van der Waals surface area contributed by atoms with Crippen molar-refractivity contribution in [2.75, 3.05) is 17.5 Å². The van der Waals surface area contributed by atoms with Crippen LogP contribution < -0.4 is 4.31 Å². The maximum Gasteiger partial charge on any atom is 0.517 e. The lowest BCUT2D eigenvalue weighted by Gasteiger charge is -2.33. The molecule has 0 N–H and O–H groups in total. The lowest BCUT2D eigenvalue weighted by atomic mass is 10.0. The third-order valence-electron chi connectivity index (χ3n) is 5.02. The van der Waals surface area contributed by atoms with Crippen molar-refractivity contribution >= 4 is 27.9 Å². The highest BCUT2D eigenvalue weighted by Crippen LogP contribution is 2.35. The molecule has 8 nitrogen and oxygen atoms in total. The molecule has 0 bridgehead atoms. The highest BCUT2D eigenvalue weighted by Gasteiger charge is 2.53. The summed E-state index contributed by atoms with van der Waals surface area (Å²) in [7, 11) is -6.20. The Morgan fingerprint density at radius 1 is 1.14 bits per heavy atom. The summed E-state index contributed by atoms with van der Waals surface area (Å²) in [5, 5.41) is 0. The highest BCUT2D eigenvalue weighted by molar-refractivity contribution is 7.94. The number of alkyl halides is 3. The monoisotopic (exact) mass is 522 g/mol. The van der Waals surface area contributed by atoms with Gasteiger partial charge in [-0.05, 0) is 30.7 Å². The summed E-state index contributed by atoms with van der Waals surface area (Å²) >= 11 is 0. The topological polar surface area (TPSA) is 93.2 Å². The van der Waals surface area contributed by atoms with E-state index >= 15 is 0 Å². The number of amides is 2. The minimum absolute atomic E-state index is 0.0613. The van der Waals surface area contributed by atoms with Crippen molar-refractivity contribution in [3.8, 4) is 0 Å². The van der Waals surface area contributed by atoms with Gasteiger partial charge in [-0.25, -0.2) is 18.4 Å². The minimum Gasteiger partial charge on any atom is -0.449 e. The van der Waals surface area contributed by atoms with Gasteiger partial charge in [0.05, 0.1) is 24.4 Å². The van der Waals surface area contributed by atoms with E-state index in [1.165, 1.54) is 25.1 Å². The number of hydrogen-bond donors (Lipinski definition) is 0. The maximum absolute atomic E-state index is 14.1. The van der Waals surface area contributed by atoms with Gasteiger partial charge < -0.3 is 14.4 Å². The molecule has 1 fully saturated rings. The van der Waals surface area contributed by atoms with Crippen molar-refractivity contribution in [3.63, 3.8) is 0 Å². The fraction of sp³-hybridized carbons (Fsp3) is 0.333. The van der Waals surface area contributed by atoms with Crippen LogP contribution >= 0.6 is 0 Å². The first-order valence-electron chi connectivity index (χ1n) is 10.1. The Morgan fingerprint density at radius 3 is 2.34 bits per heavy atom. The number of sulfonamides is 1. The number of halogens is 5. The summed E-state index contributed by atoms with van der Waals surface area (Å²) in [4.78, 5) is 25.8. The number of anilines is 1. The number of carbonyl (C=O) groups excluding carboxylic acids is 2. The summed E-state index contributed by atoms with van der Waals surface area (Å²) in [5.74, 6) is -1.83. The van der Waals surface area contributed by atoms with Gasteiger partial charge in [-0.1, -0.05) is 24.3 Å². The van der Waals surface area contributed by atoms with Crippen LogP contribution in [0.3, 0.4) is 0 Å². The third-order valence-corrected chi connectivity index (χ3v) is 6.43. The van der Waals surface area contributed by atoms with E-state index in [-0.39, 0.29) is 18.5 Å². The average Bonchev–Trinajstić information content (AvgIpc) is 2.76. The molecule has 0 aliphatic carbocycles. The van der Waals surface area contributed by atoms with Crippen molar-refractivity contribution in [3.05, 3.63) is 65.2 Å². The standard InChI is InChI=1S/C21H19F5N2O6S/c1-2-33-20(30)28(35(31,32)21(24,25)26)16-9-4-3-6-13(16)12-27-11-10-17(34-19(27)29)18-14(22)7-5-8-15(18)23/h3-9,17H,2,10-12H2,1H3. The van der Waals surface area contributed by atoms with Gasteiger partial charge in [-0.2, -0.15) is 25.9 Å². The van der Waals surface area contributed by atoms with Crippen LogP contribution in [0, 0.1) is 11.6 Å². The lowest BCUT2D eigenvalue weighted by molar-refractivity contribution is -0.0438. The molecule has 2 amide bonds. The van der Waals surface area contributed by atoms with Crippen LogP contribution in [0.5, 0.6) is 0 Å². The normalized spacial score (nSPS) is 16.6. The van der Waals surface area contributed by atoms with E-state index in [4.69, 9.17) is 4.74 Å². The zero-order chi connectivity index (χ0) is 26.0. The molecule has 1 saturated heterocycles. The van der Waals surface area contributed by atoms with Gasteiger partial charge in [0.2, 0.25) is 0 Å². The molecule has 2 aromatic rings. The van der Waals surface area contributed by atoms with Crippen LogP contribution in [0.4, 0.5) is 37.2 Å². The molecule has 0 radical (unpaired) electrons. The number of para-hydroxylation sites is 1. The summed E-state index contributed by atoms with van der Waals surface area (Å²) in [6.45, 7) is 0.278. The number of nitrogens with zero attached hydrogens (tertiary/aromatic N) is 2. The van der Waals surface area contributed by atoms with Crippen LogP contribution in [0.15, 0.2) is 42.5 Å². The Balaban J connectivity index is 1.90. The predicted molar refractivity (Wildman–Crippen MR) is 112 cm³/mol. The second-order valence-corrected chi connectivity index (χ2v) is 9.04. The molecule has 1 aliphatic heterocycles. The molecule has 0 saturated carbocycles. The molecule has 1 heterocycles. The van der Waals surface area contributed by atoms with E-state index in [1.54, 1.807) is 0 Å². The number of rotatable bonds is 6. The predicted octanol–water partition coefficient (Wildman–Crippen LogP) is 4.86. The molecule has 14 heteroatoms. The summed E-state index contributed by atoms with van der Waals surface area (Å²) in [6.07, 6.45) is -4.13. The van der Waals surface area contributed by atoms with Crippen molar-refractivity contribution in [1.29, 1.82) is 0 Å². The number of hydrogen-bond acceptors (Lipinski definition) is 6. The second-order valence-electron chi connectivity index (χ2n) is 7.26. The Morgan fingerprint density at radius 2 is 1.77 bits per heavy atom. The summed E-state index contributed by atoms with van der Waals surface area (Å²) < 4.78 is 101. The number of ether oxygens (including phenoxy) is 2. The van der Waals surface area contributed by atoms with Crippen LogP contribution in [-0.2, 0) is 26.0 Å². The summed E-state index contributed by atoms with van der Waals surface area (Å²) in [5.41, 5.74) is -7.10. The van der Waals surface area contributed by atoms with Crippen molar-refractivity contribution < 1.29 is 49.4 Å². The van der Waals surface area contributed by atoms with Crippen LogP contribution in [0.25, 0.3) is 0 Å². The van der Waals surface area contributed by atoms with Gasteiger partial charge in [-0.3, -0.25) is 0 Å². The van der Waals surface area contributed by atoms with Crippen molar-refractivity contribution in [2.45, 2.75) is 31.5 Å². The second kappa shape index (κ2) is 10.1. The van der Waals surface area contributed by atoms with Crippen molar-refractivity contribution in [2.24, 2.45) is 0 Å². The van der Waals surface area contributed by atoms with Gasteiger partial charge in [0, 0.05) is 13.0 Å². The summed E-state index contributed by atoms with van der Waals surface area (Å²) in [6, 6.07) is 7.86. The Hall–Kier alpha value is -3.42. The van der Waals surface area contributed by atoms with E-state index < -0.39 is 74.2 Å². The smallest absolute Gasteiger partial charge is 0.449 e. The molecule has 2 aromatic carbocycles. The molecule has 1 unspecified atom stereocenters. The van der Waals surface area contributed by atoms with Crippen LogP contribution in [-0.4, -0.2) is 44.2 Å². The number of cyclic esters (lactones) is 1. The van der Waals surface area contributed by atoms with E-state index in [0.717, 1.165) is 29.2 Å². The molecular weight excluding hydrogens is 503 g/mol. The van der Waals surface area contributed by atoms with Crippen LogP contribution in [0.1, 0.15) is 30.6 Å². The van der Waals surface area contributed by atoms with E-state index in [9.17, 15) is 40.0 Å². The molecular formula is C21H19F5N2O6S. The zero-order valence-electron chi connectivity index (χ0n) is 18.1. The zero-order valence-corrected chi connectivity index (χ0v) is 18.9. The Bertz CT molecular complexity index is 1200. The van der Waals surface area contributed by atoms with E-state index in [1.807, 2.05) is 0 Å². The molecule has 0 spiro atoms. The van der Waals surface area contributed by atoms with Crippen molar-refractivity contribution in [1.82, 2.24) is 4.90 Å². The molecule has 1 aliphatic rings. The third kappa shape index (κ3) is 5.31. The van der Waals surface area contributed by atoms with Gasteiger partial charge in [0.25, 0.3) is 0 Å². The SMILES string of the molecule is CCOC(=O)N(c1ccccc1CN1CCC(c2c(F)cccc2F)OC1=O)S(=O)(=O)C(F)(F)F. The molecule has 0 aromatic heterocycles. The largest absolute Gasteiger partial charge is 0.517 e. The van der Waals surface area contributed by atoms with Gasteiger partial charge in [0.15, 0.2) is 0 Å². The molecule has 3 rings (SSSR count). The minimum atomic E-state index is -6.20. The lowest BCUT2D eigenvalue weighted by Crippen LogP contribution is -2.46. The first-order chi connectivity index (χ1) is 16.4. The molecule has 1 atom stereocenters. The molecule has 35 heavy (non-hydrogen) atoms. The number of carbonyl (C=O) groups is 2. The van der Waals surface area contributed by atoms with Gasteiger partial charge in [-0.15, -0.1) is 0 Å². The highest BCUT2D eigenvalue weighted by atomic mass is 32.2. The van der Waals surface area contributed by atoms with Gasteiger partial charge in [0.1, 0.15) is 17.7 Å². The average molecular weight is 522 g/mol. The Kier molecular flexibility index (Phi) is 7.53. The fourth-order valence-corrected chi connectivity index (χ4v) is 4.34. The quantitative estimate of drug-likeness (QED) is 0.503. The molecule has 190 valence electrons. The first kappa shape index (κ1) is 26.2. The van der Waals surface area contributed by atoms with Crippen LogP contribution in [0.2, 0.25) is 0 Å². The van der Waals surface area contributed by atoms with E-state index in [2.05, 4.69) is 4.74 Å². The van der Waals surface area contributed by atoms with Gasteiger partial charge >= 0.3 is 27.7 Å². The number of benzene rings is 2. The Labute approximate surface area is 196 Å². The van der Waals surface area contributed by atoms with E-state index in [0.29, 0.717) is 0 Å².